The third kappa shape index (κ3) is 2.42. The van der Waals surface area contributed by atoms with Crippen LogP contribution < -0.4 is 5.73 Å². The van der Waals surface area contributed by atoms with Crippen molar-refractivity contribution in [3.63, 3.8) is 0 Å². The third-order valence-electron chi connectivity index (χ3n) is 2.54. The molecule has 1 heterocycles. The van der Waals surface area contributed by atoms with E-state index in [1.807, 2.05) is 6.92 Å². The van der Waals surface area contributed by atoms with E-state index in [2.05, 4.69) is 0 Å². The van der Waals surface area contributed by atoms with E-state index in [0.717, 1.165) is 0 Å². The van der Waals surface area contributed by atoms with Crippen molar-refractivity contribution in [1.82, 2.24) is 4.90 Å². The fourth-order valence-corrected chi connectivity index (χ4v) is 1.55. The lowest BCUT2D eigenvalue weighted by atomic mass is 10.1. The summed E-state index contributed by atoms with van der Waals surface area (Å²) in [6, 6.07) is 0. The first kappa shape index (κ1) is 10.5. The van der Waals surface area contributed by atoms with Crippen molar-refractivity contribution in [2.75, 3.05) is 19.6 Å². The number of likely N-dealkylation sites (tertiary alicyclic amines) is 1. The summed E-state index contributed by atoms with van der Waals surface area (Å²) in [6.07, 6.45) is 0.663. The second-order valence-electron chi connectivity index (χ2n) is 4.14. The molecule has 1 amide bonds. The smallest absolute Gasteiger partial charge is 0.226 e. The highest BCUT2D eigenvalue weighted by Gasteiger charge is 2.34. The Bertz CT molecular complexity index is 204. The molecule has 76 valence electrons. The van der Waals surface area contributed by atoms with E-state index < -0.39 is 5.60 Å². The number of carbonyl (C=O) groups excluding carboxylic acids is 1. The summed E-state index contributed by atoms with van der Waals surface area (Å²) in [5.74, 6) is -0.0748. The van der Waals surface area contributed by atoms with Gasteiger partial charge in [0.15, 0.2) is 0 Å². The van der Waals surface area contributed by atoms with Gasteiger partial charge >= 0.3 is 0 Å². The fourth-order valence-electron chi connectivity index (χ4n) is 1.55. The van der Waals surface area contributed by atoms with Gasteiger partial charge in [-0.15, -0.1) is 0 Å². The molecule has 0 aliphatic carbocycles. The van der Waals surface area contributed by atoms with Gasteiger partial charge < -0.3 is 15.7 Å². The molecule has 1 saturated heterocycles. The number of amides is 1. The lowest BCUT2D eigenvalue weighted by molar-refractivity contribution is -0.134. The average Bonchev–Trinajstić information content (AvgIpc) is 2.43. The van der Waals surface area contributed by atoms with E-state index in [4.69, 9.17) is 5.73 Å². The molecule has 0 saturated carbocycles. The fraction of sp³-hybridized carbons (Fsp3) is 0.889. The lowest BCUT2D eigenvalue weighted by Crippen LogP contribution is -2.38. The van der Waals surface area contributed by atoms with Gasteiger partial charge in [-0.2, -0.15) is 0 Å². The van der Waals surface area contributed by atoms with Crippen LogP contribution in [0.15, 0.2) is 0 Å². The molecule has 0 bridgehead atoms. The number of rotatable bonds is 2. The molecule has 2 atom stereocenters. The van der Waals surface area contributed by atoms with Crippen LogP contribution in [0, 0.1) is 5.92 Å². The number of aliphatic hydroxyl groups is 1. The average molecular weight is 186 g/mol. The summed E-state index contributed by atoms with van der Waals surface area (Å²) in [7, 11) is 0. The first-order valence-electron chi connectivity index (χ1n) is 4.67. The molecule has 1 fully saturated rings. The lowest BCUT2D eigenvalue weighted by Gasteiger charge is -2.21. The van der Waals surface area contributed by atoms with Gasteiger partial charge in [0.05, 0.1) is 5.60 Å². The monoisotopic (exact) mass is 186 g/mol. The largest absolute Gasteiger partial charge is 0.388 e. The molecule has 0 spiro atoms. The Morgan fingerprint density at radius 1 is 1.77 bits per heavy atom. The maximum absolute atomic E-state index is 11.6. The van der Waals surface area contributed by atoms with Crippen LogP contribution in [0.3, 0.4) is 0 Å². The van der Waals surface area contributed by atoms with Crippen molar-refractivity contribution in [2.45, 2.75) is 25.9 Å². The Morgan fingerprint density at radius 3 is 2.77 bits per heavy atom. The maximum Gasteiger partial charge on any atom is 0.226 e. The minimum atomic E-state index is -0.704. The second kappa shape index (κ2) is 3.64. The molecule has 3 N–H and O–H groups in total. The standard InChI is InChI=1S/C9H18N2O2/c1-7(5-10)8(12)11-4-3-9(2,13)6-11/h7,13H,3-6,10H2,1-2H3. The van der Waals surface area contributed by atoms with Gasteiger partial charge in [0.25, 0.3) is 0 Å². The quantitative estimate of drug-likeness (QED) is 0.614. The van der Waals surface area contributed by atoms with Gasteiger partial charge in [0, 0.05) is 25.6 Å². The number of β-amino-alcohol motifs (C(OH)–C–C–N with tert-alkyl or cyclic N) is 1. The Kier molecular flexibility index (Phi) is 2.93. The van der Waals surface area contributed by atoms with Crippen molar-refractivity contribution < 1.29 is 9.90 Å². The molecule has 1 aliphatic rings. The Hall–Kier alpha value is -0.610. The number of carbonyl (C=O) groups is 1. The first-order chi connectivity index (χ1) is 5.96. The Labute approximate surface area is 78.7 Å². The second-order valence-corrected chi connectivity index (χ2v) is 4.14. The zero-order chi connectivity index (χ0) is 10.1. The molecule has 0 radical (unpaired) electrons. The van der Waals surface area contributed by atoms with Gasteiger partial charge in [-0.3, -0.25) is 4.79 Å². The Morgan fingerprint density at radius 2 is 2.38 bits per heavy atom. The summed E-state index contributed by atoms with van der Waals surface area (Å²) >= 11 is 0. The zero-order valence-electron chi connectivity index (χ0n) is 8.29. The van der Waals surface area contributed by atoms with Crippen molar-refractivity contribution in [3.05, 3.63) is 0 Å². The Balaban J connectivity index is 2.51. The maximum atomic E-state index is 11.6. The van der Waals surface area contributed by atoms with E-state index in [0.29, 0.717) is 26.1 Å². The van der Waals surface area contributed by atoms with Gasteiger partial charge in [-0.05, 0) is 13.3 Å². The highest BCUT2D eigenvalue weighted by atomic mass is 16.3. The van der Waals surface area contributed by atoms with E-state index >= 15 is 0 Å². The molecule has 4 heteroatoms. The SMILES string of the molecule is CC(CN)C(=O)N1CCC(C)(O)C1. The van der Waals surface area contributed by atoms with Crippen LogP contribution in [0.5, 0.6) is 0 Å². The highest BCUT2D eigenvalue weighted by molar-refractivity contribution is 5.79. The summed E-state index contributed by atoms with van der Waals surface area (Å²) < 4.78 is 0. The summed E-state index contributed by atoms with van der Waals surface area (Å²) in [6.45, 7) is 5.03. The van der Waals surface area contributed by atoms with Gasteiger partial charge in [-0.25, -0.2) is 0 Å². The van der Waals surface area contributed by atoms with E-state index in [9.17, 15) is 9.90 Å². The van der Waals surface area contributed by atoms with Crippen LogP contribution in [0.2, 0.25) is 0 Å². The normalized spacial score (nSPS) is 30.6. The van der Waals surface area contributed by atoms with Crippen LogP contribution in [0.1, 0.15) is 20.3 Å². The van der Waals surface area contributed by atoms with Crippen molar-refractivity contribution in [1.29, 1.82) is 0 Å². The van der Waals surface area contributed by atoms with Crippen molar-refractivity contribution in [3.8, 4) is 0 Å². The topological polar surface area (TPSA) is 66.6 Å². The van der Waals surface area contributed by atoms with Crippen LogP contribution in [0.25, 0.3) is 0 Å². The number of hydrogen-bond acceptors (Lipinski definition) is 3. The number of hydrogen-bond donors (Lipinski definition) is 2. The van der Waals surface area contributed by atoms with E-state index in [-0.39, 0.29) is 11.8 Å². The molecule has 13 heavy (non-hydrogen) atoms. The minimum absolute atomic E-state index is 0.0558. The first-order valence-corrected chi connectivity index (χ1v) is 4.67. The van der Waals surface area contributed by atoms with Gasteiger partial charge in [0.1, 0.15) is 0 Å². The summed E-state index contributed by atoms with van der Waals surface area (Å²) in [5, 5.41) is 9.64. The van der Waals surface area contributed by atoms with Crippen LogP contribution in [-0.2, 0) is 4.79 Å². The summed E-state index contributed by atoms with van der Waals surface area (Å²) in [4.78, 5) is 13.3. The molecular formula is C9H18N2O2. The molecule has 1 aliphatic heterocycles. The predicted octanol–water partition coefficient (Wildman–Crippen LogP) is -0.435. The molecule has 0 aromatic carbocycles. The zero-order valence-corrected chi connectivity index (χ0v) is 8.29. The molecule has 0 aromatic heterocycles. The molecular weight excluding hydrogens is 168 g/mol. The van der Waals surface area contributed by atoms with Crippen molar-refractivity contribution >= 4 is 5.91 Å². The predicted molar refractivity (Wildman–Crippen MR) is 50.0 cm³/mol. The summed E-state index contributed by atoms with van der Waals surface area (Å²) in [5.41, 5.74) is 4.69. The van der Waals surface area contributed by atoms with Gasteiger partial charge in [0.2, 0.25) is 5.91 Å². The van der Waals surface area contributed by atoms with Gasteiger partial charge in [-0.1, -0.05) is 6.92 Å². The van der Waals surface area contributed by atoms with Crippen LogP contribution >= 0.6 is 0 Å². The third-order valence-corrected chi connectivity index (χ3v) is 2.54. The number of nitrogens with two attached hydrogens (primary N) is 1. The molecule has 0 aromatic rings. The van der Waals surface area contributed by atoms with E-state index in [1.54, 1.807) is 11.8 Å². The van der Waals surface area contributed by atoms with Crippen LogP contribution in [0.4, 0.5) is 0 Å². The number of nitrogens with zero attached hydrogens (tertiary/aromatic N) is 1. The minimum Gasteiger partial charge on any atom is -0.388 e. The molecule has 1 rings (SSSR count). The van der Waals surface area contributed by atoms with Crippen LogP contribution in [-0.4, -0.2) is 41.1 Å². The van der Waals surface area contributed by atoms with E-state index in [1.165, 1.54) is 0 Å². The molecule has 4 nitrogen and oxygen atoms in total. The van der Waals surface area contributed by atoms with Crippen molar-refractivity contribution in [2.24, 2.45) is 11.7 Å². The highest BCUT2D eigenvalue weighted by Crippen LogP contribution is 2.21. The molecule has 2 unspecified atom stereocenters.